The topological polar surface area (TPSA) is 57.7 Å². The Morgan fingerprint density at radius 3 is 2.75 bits per heavy atom. The van der Waals surface area contributed by atoms with Crippen molar-refractivity contribution in [3.05, 3.63) is 34.4 Å². The largest absolute Gasteiger partial charge is 0.355 e. The zero-order chi connectivity index (χ0) is 19.3. The molecule has 146 valence electrons. The summed E-state index contributed by atoms with van der Waals surface area (Å²) in [5.74, 6) is 0.824. The third-order valence-corrected chi connectivity index (χ3v) is 7.07. The monoisotopic (exact) mass is 419 g/mol. The average Bonchev–Trinajstić information content (AvgIpc) is 3.28. The van der Waals surface area contributed by atoms with E-state index in [4.69, 9.17) is 28.2 Å². The van der Waals surface area contributed by atoms with Crippen molar-refractivity contribution in [2.45, 2.75) is 38.3 Å². The van der Waals surface area contributed by atoms with E-state index in [-0.39, 0.29) is 5.41 Å². The maximum Gasteiger partial charge on any atom is 0.177 e. The molecule has 1 saturated carbocycles. The molecule has 0 amide bonds. The van der Waals surface area contributed by atoms with E-state index in [1.807, 2.05) is 12.1 Å². The van der Waals surface area contributed by atoms with Crippen molar-refractivity contribution in [2.75, 3.05) is 18.0 Å². The minimum Gasteiger partial charge on any atom is -0.355 e. The number of nitrogens with one attached hydrogen (secondary N) is 1. The van der Waals surface area contributed by atoms with Gasteiger partial charge in [0.2, 0.25) is 0 Å². The molecule has 1 aliphatic carbocycles. The van der Waals surface area contributed by atoms with Crippen LogP contribution in [0.2, 0.25) is 10.0 Å². The summed E-state index contributed by atoms with van der Waals surface area (Å²) < 4.78 is 13.7. The number of anilines is 1. The van der Waals surface area contributed by atoms with E-state index in [9.17, 15) is 4.39 Å². The number of halogens is 3. The maximum absolute atomic E-state index is 13.7. The van der Waals surface area contributed by atoms with Gasteiger partial charge in [0.05, 0.1) is 16.2 Å². The summed E-state index contributed by atoms with van der Waals surface area (Å²) in [7, 11) is 0. The lowest BCUT2D eigenvalue weighted by Crippen LogP contribution is -2.39. The molecule has 1 saturated heterocycles. The van der Waals surface area contributed by atoms with Gasteiger partial charge in [-0.15, -0.1) is 0 Å². The zero-order valence-electron chi connectivity index (χ0n) is 15.3. The van der Waals surface area contributed by atoms with Crippen LogP contribution >= 0.6 is 23.2 Å². The van der Waals surface area contributed by atoms with Gasteiger partial charge in [0, 0.05) is 18.7 Å². The molecule has 1 aromatic carbocycles. The number of hydrogen-bond donors (Lipinski definition) is 1. The van der Waals surface area contributed by atoms with Gasteiger partial charge in [-0.1, -0.05) is 35.3 Å². The van der Waals surface area contributed by atoms with Gasteiger partial charge in [0.25, 0.3) is 0 Å². The van der Waals surface area contributed by atoms with E-state index in [2.05, 4.69) is 20.1 Å². The molecular formula is C20H20Cl2FN5. The summed E-state index contributed by atoms with van der Waals surface area (Å²) in [6.45, 7) is 1.77. The highest BCUT2D eigenvalue weighted by Crippen LogP contribution is 2.47. The Balaban J connectivity index is 1.40. The van der Waals surface area contributed by atoms with Gasteiger partial charge in [-0.2, -0.15) is 5.10 Å². The molecule has 5 rings (SSSR count). The summed E-state index contributed by atoms with van der Waals surface area (Å²) in [4.78, 5) is 11.6. The first-order valence-corrected chi connectivity index (χ1v) is 10.3. The Labute approximate surface area is 172 Å². The molecule has 1 spiro atoms. The minimum atomic E-state index is -0.621. The van der Waals surface area contributed by atoms with E-state index >= 15 is 0 Å². The Kier molecular flexibility index (Phi) is 4.43. The quantitative estimate of drug-likeness (QED) is 0.600. The Morgan fingerprint density at radius 1 is 1.18 bits per heavy atom. The lowest BCUT2D eigenvalue weighted by atomic mass is 9.77. The van der Waals surface area contributed by atoms with Crippen LogP contribution in [0.25, 0.3) is 22.4 Å². The van der Waals surface area contributed by atoms with Crippen LogP contribution in [0.3, 0.4) is 0 Å². The third-order valence-electron chi connectivity index (χ3n) is 6.25. The van der Waals surface area contributed by atoms with Gasteiger partial charge in [0.1, 0.15) is 23.2 Å². The fourth-order valence-electron chi connectivity index (χ4n) is 4.62. The van der Waals surface area contributed by atoms with E-state index < -0.39 is 6.17 Å². The van der Waals surface area contributed by atoms with Gasteiger partial charge < -0.3 is 4.90 Å². The molecule has 1 N–H and O–H groups in total. The minimum absolute atomic E-state index is 0.192. The van der Waals surface area contributed by atoms with Gasteiger partial charge in [-0.3, -0.25) is 5.10 Å². The number of alkyl halides is 1. The van der Waals surface area contributed by atoms with E-state index in [1.165, 1.54) is 0 Å². The maximum atomic E-state index is 13.7. The second kappa shape index (κ2) is 6.85. The van der Waals surface area contributed by atoms with Crippen molar-refractivity contribution in [3.8, 4) is 11.3 Å². The molecule has 2 fully saturated rings. The normalized spacial score (nSPS) is 21.7. The lowest BCUT2D eigenvalue weighted by molar-refractivity contribution is 0.203. The van der Waals surface area contributed by atoms with Crippen LogP contribution in [0.15, 0.2) is 24.4 Å². The van der Waals surface area contributed by atoms with Crippen LogP contribution < -0.4 is 4.90 Å². The first kappa shape index (κ1) is 18.1. The van der Waals surface area contributed by atoms with Crippen LogP contribution in [0.5, 0.6) is 0 Å². The van der Waals surface area contributed by atoms with Gasteiger partial charge in [-0.05, 0) is 43.6 Å². The molecule has 1 unspecified atom stereocenters. The van der Waals surface area contributed by atoms with Crippen LogP contribution in [-0.2, 0) is 0 Å². The Morgan fingerprint density at radius 2 is 2.00 bits per heavy atom. The molecule has 5 nitrogen and oxygen atoms in total. The number of fused-ring (bicyclic) bond motifs is 1. The van der Waals surface area contributed by atoms with Crippen molar-refractivity contribution in [1.82, 2.24) is 20.2 Å². The highest BCUT2D eigenvalue weighted by molar-refractivity contribution is 6.43. The van der Waals surface area contributed by atoms with Crippen molar-refractivity contribution >= 4 is 40.2 Å². The van der Waals surface area contributed by atoms with Gasteiger partial charge in [0.15, 0.2) is 5.65 Å². The number of hydrogen-bond acceptors (Lipinski definition) is 4. The summed E-state index contributed by atoms with van der Waals surface area (Å²) in [5.41, 5.74) is 2.84. The fraction of sp³-hybridized carbons (Fsp3) is 0.450. The molecule has 1 atom stereocenters. The number of piperidine rings is 1. The van der Waals surface area contributed by atoms with Crippen molar-refractivity contribution < 1.29 is 4.39 Å². The number of rotatable bonds is 2. The molecule has 0 radical (unpaired) electrons. The molecule has 3 heterocycles. The standard InChI is InChI=1S/C20H20Cl2FN5/c21-14-3-1-2-13(16(14)22)17-18-19(27-26-17)25-15(11-24-18)28-8-6-20(7-9-28)5-4-12(23)10-20/h1-3,11-12H,4-10H2,(H,25,26,27). The SMILES string of the molecule is FC1CCC2(CCN(c3cnc4c(-c5cccc(Cl)c5Cl)n[nH]c4n3)CC2)C1. The van der Waals surface area contributed by atoms with Crippen LogP contribution in [0.4, 0.5) is 10.2 Å². The smallest absolute Gasteiger partial charge is 0.177 e. The second-order valence-electron chi connectivity index (χ2n) is 7.93. The highest BCUT2D eigenvalue weighted by atomic mass is 35.5. The molecule has 0 bridgehead atoms. The molecule has 1 aliphatic heterocycles. The highest BCUT2D eigenvalue weighted by Gasteiger charge is 2.41. The summed E-state index contributed by atoms with van der Waals surface area (Å²) >= 11 is 12.5. The zero-order valence-corrected chi connectivity index (χ0v) is 16.8. The van der Waals surface area contributed by atoms with Gasteiger partial charge in [-0.25, -0.2) is 14.4 Å². The first-order valence-electron chi connectivity index (χ1n) is 9.59. The van der Waals surface area contributed by atoms with Crippen molar-refractivity contribution in [3.63, 3.8) is 0 Å². The van der Waals surface area contributed by atoms with Crippen LogP contribution in [0, 0.1) is 5.41 Å². The Hall–Kier alpha value is -1.92. The first-order chi connectivity index (χ1) is 13.5. The number of aromatic amines is 1. The molecule has 3 aromatic rings. The molecule has 8 heteroatoms. The number of benzene rings is 1. The molecule has 2 aliphatic rings. The molecule has 2 aromatic heterocycles. The van der Waals surface area contributed by atoms with Crippen molar-refractivity contribution in [1.29, 1.82) is 0 Å². The Bertz CT molecular complexity index is 1030. The number of aromatic nitrogens is 4. The van der Waals surface area contributed by atoms with Crippen LogP contribution in [0.1, 0.15) is 32.1 Å². The molecular weight excluding hydrogens is 400 g/mol. The van der Waals surface area contributed by atoms with E-state index in [1.54, 1.807) is 12.3 Å². The molecule has 28 heavy (non-hydrogen) atoms. The van der Waals surface area contributed by atoms with Gasteiger partial charge >= 0.3 is 0 Å². The summed E-state index contributed by atoms with van der Waals surface area (Å²) in [6.07, 6.45) is 5.63. The van der Waals surface area contributed by atoms with E-state index in [0.717, 1.165) is 56.6 Å². The predicted molar refractivity (Wildman–Crippen MR) is 110 cm³/mol. The summed E-state index contributed by atoms with van der Waals surface area (Å²) in [5, 5.41) is 8.26. The van der Waals surface area contributed by atoms with Crippen LogP contribution in [-0.4, -0.2) is 39.4 Å². The third kappa shape index (κ3) is 3.03. The predicted octanol–water partition coefficient (Wildman–Crippen LogP) is 5.44. The van der Waals surface area contributed by atoms with Crippen molar-refractivity contribution in [2.24, 2.45) is 5.41 Å². The second-order valence-corrected chi connectivity index (χ2v) is 8.71. The number of nitrogens with zero attached hydrogens (tertiary/aromatic N) is 4. The average molecular weight is 420 g/mol. The summed E-state index contributed by atoms with van der Waals surface area (Å²) in [6, 6.07) is 5.44. The van der Waals surface area contributed by atoms with E-state index in [0.29, 0.717) is 26.9 Å². The fourth-order valence-corrected chi connectivity index (χ4v) is 5.01. The number of H-pyrrole nitrogens is 1. The lowest BCUT2D eigenvalue weighted by Gasteiger charge is -2.39.